The third-order valence-corrected chi connectivity index (χ3v) is 10.3. The van der Waals surface area contributed by atoms with Gasteiger partial charge in [0.2, 0.25) is 0 Å². The fourth-order valence-electron chi connectivity index (χ4n) is 8.30. The van der Waals surface area contributed by atoms with Crippen LogP contribution >= 0.6 is 0 Å². The predicted octanol–water partition coefficient (Wildman–Crippen LogP) is 4.43. The van der Waals surface area contributed by atoms with Crippen molar-refractivity contribution in [3.05, 3.63) is 29.6 Å². The van der Waals surface area contributed by atoms with Gasteiger partial charge in [-0.15, -0.1) is 0 Å². The second kappa shape index (κ2) is 7.58. The van der Waals surface area contributed by atoms with E-state index >= 15 is 0 Å². The molecular weight excluding hydrogens is 449 g/mol. The molecule has 0 bridgehead atoms. The Balaban J connectivity index is 1.05. The first-order valence-corrected chi connectivity index (χ1v) is 13.3. The minimum absolute atomic E-state index is 0.0331. The van der Waals surface area contributed by atoms with Crippen LogP contribution in [0.4, 0.5) is 19.7 Å². The normalized spacial score (nSPS) is 34.9. The average molecular weight is 484 g/mol. The molecule has 3 aliphatic carbocycles. The number of rotatable bonds is 2. The molecular formula is C27H34FN3O4. The van der Waals surface area contributed by atoms with E-state index in [9.17, 15) is 14.0 Å². The summed E-state index contributed by atoms with van der Waals surface area (Å²) in [5.41, 5.74) is 1.53. The number of ether oxygens (including phenoxy) is 2. The van der Waals surface area contributed by atoms with Crippen LogP contribution in [0, 0.1) is 11.7 Å². The van der Waals surface area contributed by atoms with Crippen molar-refractivity contribution in [3.63, 3.8) is 0 Å². The molecule has 8 heteroatoms. The summed E-state index contributed by atoms with van der Waals surface area (Å²) in [6, 6.07) is 5.61. The van der Waals surface area contributed by atoms with Crippen LogP contribution in [0.1, 0.15) is 63.4 Å². The number of hydrogen-bond acceptors (Lipinski definition) is 5. The standard InChI is InChI=1S/C27H34FN3O4/c1-34-24(32)30-16-26(21-14-18(28)6-7-22(21)30)9-11-29(12-10-26)19-13-17-5-8-23-27(17,15-19)31(23)25(33)35-20-3-2-4-20/h6-7,14,17,19-20,23H,2-5,8-13,15-16H2,1H3. The van der Waals surface area contributed by atoms with E-state index in [1.165, 1.54) is 26.0 Å². The van der Waals surface area contributed by atoms with Crippen molar-refractivity contribution < 1.29 is 23.5 Å². The van der Waals surface area contributed by atoms with Crippen molar-refractivity contribution >= 4 is 17.9 Å². The van der Waals surface area contributed by atoms with E-state index in [0.29, 0.717) is 24.5 Å². The average Bonchev–Trinajstić information content (AvgIpc) is 3.08. The van der Waals surface area contributed by atoms with Gasteiger partial charge in [0.05, 0.1) is 24.4 Å². The van der Waals surface area contributed by atoms with E-state index in [2.05, 4.69) is 9.80 Å². The highest BCUT2D eigenvalue weighted by Gasteiger charge is 2.75. The summed E-state index contributed by atoms with van der Waals surface area (Å²) in [7, 11) is 1.39. The molecule has 5 fully saturated rings. The summed E-state index contributed by atoms with van der Waals surface area (Å²) >= 11 is 0. The Kier molecular flexibility index (Phi) is 4.74. The molecule has 3 aliphatic heterocycles. The van der Waals surface area contributed by atoms with Crippen molar-refractivity contribution in [2.24, 2.45) is 5.92 Å². The number of nitrogens with zero attached hydrogens (tertiary/aromatic N) is 3. The van der Waals surface area contributed by atoms with Crippen LogP contribution in [0.15, 0.2) is 18.2 Å². The van der Waals surface area contributed by atoms with Gasteiger partial charge in [-0.2, -0.15) is 0 Å². The number of fused-ring (bicyclic) bond motifs is 2. The molecule has 7 rings (SSSR count). The predicted molar refractivity (Wildman–Crippen MR) is 127 cm³/mol. The third-order valence-electron chi connectivity index (χ3n) is 10.3. The van der Waals surface area contributed by atoms with Gasteiger partial charge in [-0.25, -0.2) is 14.0 Å². The van der Waals surface area contributed by atoms with Gasteiger partial charge in [-0.1, -0.05) is 0 Å². The van der Waals surface area contributed by atoms with E-state index in [0.717, 1.165) is 69.3 Å². The largest absolute Gasteiger partial charge is 0.452 e. The van der Waals surface area contributed by atoms with Gasteiger partial charge < -0.3 is 14.4 Å². The molecule has 4 unspecified atom stereocenters. The Bertz CT molecular complexity index is 1070. The van der Waals surface area contributed by atoms with Gasteiger partial charge in [0.25, 0.3) is 0 Å². The molecule has 4 atom stereocenters. The Hall–Kier alpha value is -2.35. The third kappa shape index (κ3) is 3.04. The first-order valence-electron chi connectivity index (χ1n) is 13.3. The number of halogens is 1. The number of hydrogen-bond donors (Lipinski definition) is 0. The Morgan fingerprint density at radius 1 is 1.09 bits per heavy atom. The minimum atomic E-state index is -0.381. The Morgan fingerprint density at radius 2 is 1.89 bits per heavy atom. The van der Waals surface area contributed by atoms with Gasteiger partial charge in [0.1, 0.15) is 11.9 Å². The highest BCUT2D eigenvalue weighted by atomic mass is 19.1. The first kappa shape index (κ1) is 21.9. The quantitative estimate of drug-likeness (QED) is 0.583. The molecule has 6 aliphatic rings. The Labute approximate surface area is 205 Å². The molecule has 1 aromatic rings. The van der Waals surface area contributed by atoms with Crippen LogP contribution in [0.25, 0.3) is 0 Å². The zero-order chi connectivity index (χ0) is 23.9. The topological polar surface area (TPSA) is 62.1 Å². The van der Waals surface area contributed by atoms with Crippen molar-refractivity contribution in [2.45, 2.75) is 86.9 Å². The highest BCUT2D eigenvalue weighted by molar-refractivity contribution is 5.91. The molecule has 1 aromatic carbocycles. The van der Waals surface area contributed by atoms with Crippen LogP contribution in [-0.4, -0.2) is 72.5 Å². The minimum Gasteiger partial charge on any atom is -0.452 e. The zero-order valence-corrected chi connectivity index (χ0v) is 20.4. The molecule has 3 heterocycles. The van der Waals surface area contributed by atoms with E-state index < -0.39 is 0 Å². The van der Waals surface area contributed by atoms with Crippen LogP contribution < -0.4 is 4.90 Å². The lowest BCUT2D eigenvalue weighted by Crippen LogP contribution is -2.49. The summed E-state index contributed by atoms with van der Waals surface area (Å²) in [6.45, 7) is 2.40. The number of piperidine rings is 2. The summed E-state index contributed by atoms with van der Waals surface area (Å²) in [4.78, 5) is 31.7. The molecule has 35 heavy (non-hydrogen) atoms. The van der Waals surface area contributed by atoms with Gasteiger partial charge in [-0.05, 0) is 101 Å². The van der Waals surface area contributed by atoms with Crippen LogP contribution in [-0.2, 0) is 14.9 Å². The number of benzene rings is 1. The van der Waals surface area contributed by atoms with Crippen molar-refractivity contribution in [2.75, 3.05) is 31.6 Å². The second-order valence-electron chi connectivity index (χ2n) is 11.7. The molecule has 0 radical (unpaired) electrons. The van der Waals surface area contributed by atoms with Crippen molar-refractivity contribution in [1.29, 1.82) is 0 Å². The molecule has 2 amide bonds. The zero-order valence-electron chi connectivity index (χ0n) is 20.4. The first-order chi connectivity index (χ1) is 16.9. The van der Waals surface area contributed by atoms with E-state index in [-0.39, 0.29) is 35.1 Å². The number of amides is 2. The molecule has 188 valence electrons. The SMILES string of the molecule is COC(=O)N1CC2(CCN(C3CC4CCC5N(C(=O)OC6CCC6)C45C3)CC2)c2cc(F)ccc21. The van der Waals surface area contributed by atoms with Gasteiger partial charge in [-0.3, -0.25) is 9.80 Å². The monoisotopic (exact) mass is 483 g/mol. The lowest BCUT2D eigenvalue weighted by atomic mass is 9.74. The molecule has 0 aromatic heterocycles. The maximum absolute atomic E-state index is 14.2. The second-order valence-corrected chi connectivity index (χ2v) is 11.7. The molecule has 2 saturated heterocycles. The van der Waals surface area contributed by atoms with E-state index in [4.69, 9.17) is 9.47 Å². The highest BCUT2D eigenvalue weighted by Crippen LogP contribution is 2.65. The van der Waals surface area contributed by atoms with Gasteiger partial charge >= 0.3 is 12.2 Å². The fourth-order valence-corrected chi connectivity index (χ4v) is 8.30. The number of carbonyl (C=O) groups excluding carboxylic acids is 2. The van der Waals surface area contributed by atoms with Crippen molar-refractivity contribution in [3.8, 4) is 0 Å². The summed E-state index contributed by atoms with van der Waals surface area (Å²) in [6.07, 6.45) is 9.19. The Morgan fingerprint density at radius 3 is 2.60 bits per heavy atom. The molecule has 7 nitrogen and oxygen atoms in total. The maximum Gasteiger partial charge on any atom is 0.414 e. The summed E-state index contributed by atoms with van der Waals surface area (Å²) in [5.74, 6) is 0.326. The summed E-state index contributed by atoms with van der Waals surface area (Å²) in [5, 5.41) is 0. The maximum atomic E-state index is 14.2. The van der Waals surface area contributed by atoms with Crippen LogP contribution in [0.5, 0.6) is 0 Å². The fraction of sp³-hybridized carbons (Fsp3) is 0.704. The molecule has 2 spiro atoms. The van der Waals surface area contributed by atoms with E-state index in [1.54, 1.807) is 17.0 Å². The molecule has 0 N–H and O–H groups in total. The van der Waals surface area contributed by atoms with Crippen LogP contribution in [0.3, 0.4) is 0 Å². The lowest BCUT2D eigenvalue weighted by molar-refractivity contribution is 0.0351. The van der Waals surface area contributed by atoms with E-state index in [1.807, 2.05) is 0 Å². The number of carbonyl (C=O) groups is 2. The number of anilines is 1. The smallest absolute Gasteiger partial charge is 0.414 e. The number of likely N-dealkylation sites (tertiary alicyclic amines) is 2. The number of methoxy groups -OCH3 is 1. The lowest BCUT2D eigenvalue weighted by Gasteiger charge is -2.42. The van der Waals surface area contributed by atoms with Crippen molar-refractivity contribution in [1.82, 2.24) is 9.80 Å². The summed E-state index contributed by atoms with van der Waals surface area (Å²) < 4.78 is 25.0. The van der Waals surface area contributed by atoms with Gasteiger partial charge in [0, 0.05) is 18.0 Å². The van der Waals surface area contributed by atoms with Gasteiger partial charge in [0.15, 0.2) is 0 Å². The molecule has 3 saturated carbocycles. The van der Waals surface area contributed by atoms with Crippen LogP contribution in [0.2, 0.25) is 0 Å².